The molecule has 0 saturated carbocycles. The van der Waals surface area contributed by atoms with Crippen molar-refractivity contribution in [3.8, 4) is 0 Å². The highest BCUT2D eigenvalue weighted by molar-refractivity contribution is 7.88. The summed E-state index contributed by atoms with van der Waals surface area (Å²) >= 11 is 7.23. The van der Waals surface area contributed by atoms with Crippen molar-refractivity contribution < 1.29 is 12.9 Å². The van der Waals surface area contributed by atoms with Crippen LogP contribution in [0.15, 0.2) is 40.9 Å². The Bertz CT molecular complexity index is 902. The van der Waals surface area contributed by atoms with Crippen LogP contribution in [0.3, 0.4) is 0 Å². The Morgan fingerprint density at radius 2 is 2.09 bits per heavy atom. The lowest BCUT2D eigenvalue weighted by Gasteiger charge is -2.11. The van der Waals surface area contributed by atoms with E-state index < -0.39 is 10.0 Å². The summed E-state index contributed by atoms with van der Waals surface area (Å²) in [6.45, 7) is 1.78. The molecule has 0 radical (unpaired) electrons. The van der Waals surface area contributed by atoms with E-state index in [0.717, 1.165) is 4.88 Å². The number of rotatable bonds is 5. The quantitative estimate of drug-likeness (QED) is 0.756. The van der Waals surface area contributed by atoms with E-state index in [1.54, 1.807) is 25.1 Å². The van der Waals surface area contributed by atoms with Gasteiger partial charge in [0.2, 0.25) is 10.0 Å². The van der Waals surface area contributed by atoms with Gasteiger partial charge in [-0.15, -0.1) is 11.3 Å². The Morgan fingerprint density at radius 1 is 1.32 bits per heavy atom. The Balaban J connectivity index is 1.79. The minimum absolute atomic E-state index is 0.229. The van der Waals surface area contributed by atoms with E-state index in [9.17, 15) is 8.42 Å². The maximum Gasteiger partial charge on any atom is 0.218 e. The normalized spacial score (nSPS) is 13.5. The minimum atomic E-state index is -3.54. The van der Waals surface area contributed by atoms with Gasteiger partial charge in [0, 0.05) is 10.3 Å². The highest BCUT2D eigenvalue weighted by atomic mass is 35.5. The van der Waals surface area contributed by atoms with E-state index in [0.29, 0.717) is 21.0 Å². The summed E-state index contributed by atoms with van der Waals surface area (Å²) in [6.07, 6.45) is 0. The average Bonchev–Trinajstić information content (AvgIpc) is 3.05. The van der Waals surface area contributed by atoms with Gasteiger partial charge in [0.15, 0.2) is 5.58 Å². The summed E-state index contributed by atoms with van der Waals surface area (Å²) in [7, 11) is -3.54. The van der Waals surface area contributed by atoms with E-state index in [2.05, 4.69) is 9.88 Å². The number of hydrogen-bond acceptors (Lipinski definition) is 5. The van der Waals surface area contributed by atoms with Crippen molar-refractivity contribution in [1.29, 1.82) is 0 Å². The zero-order chi connectivity index (χ0) is 15.7. The Hall–Kier alpha value is -1.41. The van der Waals surface area contributed by atoms with Gasteiger partial charge in [-0.1, -0.05) is 28.9 Å². The number of sulfonamides is 1. The van der Waals surface area contributed by atoms with Crippen molar-refractivity contribution in [2.24, 2.45) is 0 Å². The fraction of sp³-hybridized carbons (Fsp3) is 0.214. The molecule has 0 spiro atoms. The molecule has 3 aromatic rings. The van der Waals surface area contributed by atoms with Crippen LogP contribution in [0.25, 0.3) is 11.0 Å². The van der Waals surface area contributed by atoms with E-state index in [1.165, 1.54) is 11.3 Å². The van der Waals surface area contributed by atoms with Crippen molar-refractivity contribution in [3.63, 3.8) is 0 Å². The number of para-hydroxylation sites is 1. The van der Waals surface area contributed by atoms with Gasteiger partial charge in [0.25, 0.3) is 0 Å². The van der Waals surface area contributed by atoms with Crippen LogP contribution in [0.5, 0.6) is 0 Å². The summed E-state index contributed by atoms with van der Waals surface area (Å²) in [6, 6.07) is 10.4. The molecule has 3 rings (SSSR count). The van der Waals surface area contributed by atoms with Gasteiger partial charge in [0.05, 0.1) is 10.4 Å². The third-order valence-corrected chi connectivity index (χ3v) is 5.94. The third-order valence-electron chi connectivity index (χ3n) is 3.16. The molecule has 1 atom stereocenters. The fourth-order valence-corrected chi connectivity index (χ4v) is 4.61. The zero-order valence-corrected chi connectivity index (χ0v) is 14.0. The second-order valence-electron chi connectivity index (χ2n) is 4.87. The summed E-state index contributed by atoms with van der Waals surface area (Å²) < 4.78 is 33.0. The Kier molecular flexibility index (Phi) is 4.22. The van der Waals surface area contributed by atoms with Crippen molar-refractivity contribution in [2.45, 2.75) is 18.7 Å². The van der Waals surface area contributed by atoms with Crippen LogP contribution < -0.4 is 4.72 Å². The molecule has 116 valence electrons. The van der Waals surface area contributed by atoms with Gasteiger partial charge < -0.3 is 4.52 Å². The third kappa shape index (κ3) is 3.33. The summed E-state index contributed by atoms with van der Waals surface area (Å²) in [5.41, 5.74) is 0.977. The summed E-state index contributed by atoms with van der Waals surface area (Å²) in [5.74, 6) is -0.229. The van der Waals surface area contributed by atoms with Crippen LogP contribution >= 0.6 is 22.9 Å². The van der Waals surface area contributed by atoms with Crippen LogP contribution in [0, 0.1) is 0 Å². The van der Waals surface area contributed by atoms with E-state index >= 15 is 0 Å². The number of aromatic nitrogens is 1. The number of thiophene rings is 1. The van der Waals surface area contributed by atoms with Gasteiger partial charge in [-0.2, -0.15) is 0 Å². The Morgan fingerprint density at radius 3 is 2.82 bits per heavy atom. The predicted molar refractivity (Wildman–Crippen MR) is 87.5 cm³/mol. The molecule has 1 unspecified atom stereocenters. The maximum absolute atomic E-state index is 12.3. The second-order valence-corrected chi connectivity index (χ2v) is 8.37. The topological polar surface area (TPSA) is 72.2 Å². The molecule has 0 saturated heterocycles. The van der Waals surface area contributed by atoms with Crippen LogP contribution in [0.4, 0.5) is 0 Å². The smallest absolute Gasteiger partial charge is 0.218 e. The average molecular weight is 357 g/mol. The molecule has 8 heteroatoms. The molecule has 0 bridgehead atoms. The molecule has 0 aliphatic heterocycles. The molecule has 2 aromatic heterocycles. The van der Waals surface area contributed by atoms with Crippen molar-refractivity contribution in [1.82, 2.24) is 9.88 Å². The molecular weight excluding hydrogens is 344 g/mol. The predicted octanol–water partition coefficient (Wildman–Crippen LogP) is 3.72. The number of fused-ring (bicyclic) bond motifs is 1. The standard InChI is InChI=1S/C14H13ClN2O3S2/c1-9(13-6-7-14(15)21-13)17-22(18,19)8-11-10-4-2-3-5-12(10)20-16-11/h2-7,9,17H,8H2,1H3. The first kappa shape index (κ1) is 15.5. The number of halogens is 1. The molecular formula is C14H13ClN2O3S2. The van der Waals surface area contributed by atoms with Gasteiger partial charge in [-0.3, -0.25) is 0 Å². The zero-order valence-electron chi connectivity index (χ0n) is 11.6. The number of benzene rings is 1. The lowest BCUT2D eigenvalue weighted by molar-refractivity contribution is 0.448. The van der Waals surface area contributed by atoms with Gasteiger partial charge in [-0.05, 0) is 31.2 Å². The lowest BCUT2D eigenvalue weighted by atomic mass is 10.2. The van der Waals surface area contributed by atoms with E-state index in [1.807, 2.05) is 18.2 Å². The van der Waals surface area contributed by atoms with Gasteiger partial charge >= 0.3 is 0 Å². The molecule has 1 aromatic carbocycles. The molecule has 22 heavy (non-hydrogen) atoms. The van der Waals surface area contributed by atoms with Gasteiger partial charge in [-0.25, -0.2) is 13.1 Å². The van der Waals surface area contributed by atoms with Crippen molar-refractivity contribution >= 4 is 43.9 Å². The molecule has 1 N–H and O–H groups in total. The summed E-state index contributed by atoms with van der Waals surface area (Å²) in [4.78, 5) is 0.860. The monoisotopic (exact) mass is 356 g/mol. The second kappa shape index (κ2) is 6.00. The van der Waals surface area contributed by atoms with E-state index in [4.69, 9.17) is 16.1 Å². The molecule has 0 aliphatic carbocycles. The largest absolute Gasteiger partial charge is 0.356 e. The molecule has 5 nitrogen and oxygen atoms in total. The summed E-state index contributed by atoms with van der Waals surface area (Å²) in [5, 5.41) is 4.56. The van der Waals surface area contributed by atoms with Crippen LogP contribution in [0.2, 0.25) is 4.34 Å². The first-order valence-electron chi connectivity index (χ1n) is 6.53. The Labute approximate surface area is 136 Å². The molecule has 2 heterocycles. The first-order chi connectivity index (χ1) is 10.4. The number of nitrogens with one attached hydrogen (secondary N) is 1. The van der Waals surface area contributed by atoms with Crippen molar-refractivity contribution in [2.75, 3.05) is 0 Å². The van der Waals surface area contributed by atoms with E-state index in [-0.39, 0.29) is 11.8 Å². The lowest BCUT2D eigenvalue weighted by Crippen LogP contribution is -2.27. The highest BCUT2D eigenvalue weighted by Gasteiger charge is 2.21. The van der Waals surface area contributed by atoms with Crippen LogP contribution in [-0.4, -0.2) is 13.6 Å². The van der Waals surface area contributed by atoms with Crippen LogP contribution in [-0.2, 0) is 15.8 Å². The van der Waals surface area contributed by atoms with Gasteiger partial charge in [0.1, 0.15) is 11.4 Å². The van der Waals surface area contributed by atoms with Crippen LogP contribution in [0.1, 0.15) is 23.5 Å². The highest BCUT2D eigenvalue weighted by Crippen LogP contribution is 2.27. The first-order valence-corrected chi connectivity index (χ1v) is 9.38. The molecule has 0 amide bonds. The fourth-order valence-electron chi connectivity index (χ4n) is 2.15. The number of nitrogens with zero attached hydrogens (tertiary/aromatic N) is 1. The van der Waals surface area contributed by atoms with Crippen molar-refractivity contribution in [3.05, 3.63) is 51.3 Å². The minimum Gasteiger partial charge on any atom is -0.356 e. The number of hydrogen-bond donors (Lipinski definition) is 1. The SMILES string of the molecule is CC(NS(=O)(=O)Cc1noc2ccccc12)c1ccc(Cl)s1. The maximum atomic E-state index is 12.3. The molecule has 0 fully saturated rings. The molecule has 0 aliphatic rings.